The Morgan fingerprint density at radius 3 is 2.87 bits per heavy atom. The fraction of sp³-hybridized carbons (Fsp3) is 0.571. The van der Waals surface area contributed by atoms with Gasteiger partial charge in [0, 0.05) is 13.1 Å². The molecule has 1 aliphatic heterocycles. The highest BCUT2D eigenvalue weighted by molar-refractivity contribution is 7.88. The number of thiophene rings is 1. The highest BCUT2D eigenvalue weighted by Gasteiger charge is 2.31. The number of ether oxygens (including phenoxy) is 1. The van der Waals surface area contributed by atoms with Gasteiger partial charge >= 0.3 is 5.97 Å². The van der Waals surface area contributed by atoms with Gasteiger partial charge in [0.15, 0.2) is 0 Å². The maximum Gasteiger partial charge on any atom is 0.341 e. The molecule has 0 aliphatic carbocycles. The van der Waals surface area contributed by atoms with Crippen molar-refractivity contribution in [2.75, 3.05) is 31.3 Å². The highest BCUT2D eigenvalue weighted by Crippen LogP contribution is 2.26. The molecule has 1 aromatic heterocycles. The van der Waals surface area contributed by atoms with Crippen molar-refractivity contribution in [3.8, 4) is 0 Å². The zero-order valence-electron chi connectivity index (χ0n) is 13.1. The Morgan fingerprint density at radius 1 is 1.48 bits per heavy atom. The SMILES string of the molecule is CCOC(=O)c1ccsc1NC(=O)C1CCCN(S(C)(=O)=O)C1. The van der Waals surface area contributed by atoms with Gasteiger partial charge in [-0.1, -0.05) is 0 Å². The van der Waals surface area contributed by atoms with Crippen molar-refractivity contribution in [2.45, 2.75) is 19.8 Å². The van der Waals surface area contributed by atoms with Crippen molar-refractivity contribution in [3.05, 3.63) is 17.0 Å². The Morgan fingerprint density at radius 2 is 2.22 bits per heavy atom. The van der Waals surface area contributed by atoms with Crippen LogP contribution in [0.25, 0.3) is 0 Å². The van der Waals surface area contributed by atoms with Gasteiger partial charge in [-0.2, -0.15) is 0 Å². The average Bonchev–Trinajstić information content (AvgIpc) is 2.95. The molecule has 9 heteroatoms. The first-order valence-electron chi connectivity index (χ1n) is 7.33. The second-order valence-electron chi connectivity index (χ2n) is 5.33. The van der Waals surface area contributed by atoms with Crippen LogP contribution in [0.1, 0.15) is 30.1 Å². The van der Waals surface area contributed by atoms with Crippen LogP contribution in [0.5, 0.6) is 0 Å². The summed E-state index contributed by atoms with van der Waals surface area (Å²) in [6.45, 7) is 2.58. The third kappa shape index (κ3) is 4.52. The van der Waals surface area contributed by atoms with Crippen LogP contribution in [0.2, 0.25) is 0 Å². The van der Waals surface area contributed by atoms with Gasteiger partial charge in [0.2, 0.25) is 15.9 Å². The lowest BCUT2D eigenvalue weighted by Gasteiger charge is -2.30. The number of nitrogens with zero attached hydrogens (tertiary/aromatic N) is 1. The number of hydrogen-bond acceptors (Lipinski definition) is 6. The molecule has 1 aliphatic rings. The standard InChI is InChI=1S/C14H20N2O5S2/c1-3-21-14(18)11-6-8-22-13(11)15-12(17)10-5-4-7-16(9-10)23(2,19)20/h6,8,10H,3-5,7,9H2,1-2H3,(H,15,17). The van der Waals surface area contributed by atoms with E-state index in [2.05, 4.69) is 5.32 Å². The summed E-state index contributed by atoms with van der Waals surface area (Å²) < 4.78 is 29.5. The van der Waals surface area contributed by atoms with Crippen molar-refractivity contribution in [3.63, 3.8) is 0 Å². The molecule has 0 spiro atoms. The summed E-state index contributed by atoms with van der Waals surface area (Å²) in [6.07, 6.45) is 2.41. The number of hydrogen-bond donors (Lipinski definition) is 1. The molecule has 23 heavy (non-hydrogen) atoms. The molecule has 1 saturated heterocycles. The summed E-state index contributed by atoms with van der Waals surface area (Å²) in [4.78, 5) is 24.2. The van der Waals surface area contributed by atoms with E-state index in [-0.39, 0.29) is 19.1 Å². The summed E-state index contributed by atoms with van der Waals surface area (Å²) in [5.41, 5.74) is 0.320. The number of amides is 1. The van der Waals surface area contributed by atoms with E-state index in [4.69, 9.17) is 4.74 Å². The molecule has 2 heterocycles. The Kier molecular flexibility index (Phi) is 5.77. The molecule has 0 radical (unpaired) electrons. The molecule has 128 valence electrons. The van der Waals surface area contributed by atoms with Crippen LogP contribution in [-0.4, -0.2) is 50.6 Å². The quantitative estimate of drug-likeness (QED) is 0.804. The van der Waals surface area contributed by atoms with E-state index < -0.39 is 21.9 Å². The van der Waals surface area contributed by atoms with E-state index >= 15 is 0 Å². The van der Waals surface area contributed by atoms with Gasteiger partial charge in [0.05, 0.1) is 24.3 Å². The summed E-state index contributed by atoms with van der Waals surface area (Å²) in [7, 11) is -3.30. The molecule has 1 amide bonds. The van der Waals surface area contributed by atoms with Crippen LogP contribution in [0.3, 0.4) is 0 Å². The fourth-order valence-corrected chi connectivity index (χ4v) is 4.14. The van der Waals surface area contributed by atoms with Crippen LogP contribution >= 0.6 is 11.3 Å². The third-order valence-electron chi connectivity index (χ3n) is 3.62. The first-order chi connectivity index (χ1) is 10.8. The predicted octanol–water partition coefficient (Wildman–Crippen LogP) is 1.53. The Hall–Kier alpha value is -1.45. The van der Waals surface area contributed by atoms with Crippen molar-refractivity contribution < 1.29 is 22.7 Å². The fourth-order valence-electron chi connectivity index (χ4n) is 2.45. The molecule has 0 saturated carbocycles. The zero-order chi connectivity index (χ0) is 17.0. The molecule has 1 atom stereocenters. The topological polar surface area (TPSA) is 92.8 Å². The molecule has 7 nitrogen and oxygen atoms in total. The highest BCUT2D eigenvalue weighted by atomic mass is 32.2. The van der Waals surface area contributed by atoms with Gasteiger partial charge in [-0.25, -0.2) is 17.5 Å². The maximum atomic E-state index is 12.4. The van der Waals surface area contributed by atoms with Gasteiger partial charge in [0.25, 0.3) is 0 Å². The van der Waals surface area contributed by atoms with Gasteiger partial charge in [0.1, 0.15) is 5.00 Å². The molecule has 1 N–H and O–H groups in total. The van der Waals surface area contributed by atoms with Crippen molar-refractivity contribution in [1.82, 2.24) is 4.31 Å². The Bertz CT molecular complexity index is 683. The van der Waals surface area contributed by atoms with Crippen LogP contribution in [0.4, 0.5) is 5.00 Å². The van der Waals surface area contributed by atoms with Crippen LogP contribution in [0, 0.1) is 5.92 Å². The van der Waals surface area contributed by atoms with E-state index in [9.17, 15) is 18.0 Å². The van der Waals surface area contributed by atoms with E-state index in [0.29, 0.717) is 30.0 Å². The lowest BCUT2D eigenvalue weighted by molar-refractivity contribution is -0.120. The normalized spacial score (nSPS) is 19.3. The number of sulfonamides is 1. The van der Waals surface area contributed by atoms with E-state index in [1.807, 2.05) is 0 Å². The Balaban J connectivity index is 2.05. The van der Waals surface area contributed by atoms with E-state index in [1.54, 1.807) is 18.4 Å². The third-order valence-corrected chi connectivity index (χ3v) is 5.72. The minimum Gasteiger partial charge on any atom is -0.462 e. The number of rotatable bonds is 5. The Labute approximate surface area is 139 Å². The molecule has 2 rings (SSSR count). The summed E-state index contributed by atoms with van der Waals surface area (Å²) in [5, 5.41) is 4.86. The predicted molar refractivity (Wildman–Crippen MR) is 88.0 cm³/mol. The molecular weight excluding hydrogens is 340 g/mol. The number of piperidine rings is 1. The monoisotopic (exact) mass is 360 g/mol. The number of carbonyl (C=O) groups is 2. The van der Waals surface area contributed by atoms with Gasteiger partial charge < -0.3 is 10.1 Å². The molecule has 0 aromatic carbocycles. The number of anilines is 1. The van der Waals surface area contributed by atoms with Gasteiger partial charge in [-0.3, -0.25) is 4.79 Å². The maximum absolute atomic E-state index is 12.4. The lowest BCUT2D eigenvalue weighted by Crippen LogP contribution is -2.43. The van der Waals surface area contributed by atoms with Gasteiger partial charge in [-0.05, 0) is 31.2 Å². The second kappa shape index (κ2) is 7.41. The van der Waals surface area contributed by atoms with Crippen LogP contribution in [-0.2, 0) is 19.6 Å². The van der Waals surface area contributed by atoms with Crippen molar-refractivity contribution in [2.24, 2.45) is 5.92 Å². The average molecular weight is 360 g/mol. The first kappa shape index (κ1) is 17.9. The molecule has 1 aromatic rings. The van der Waals surface area contributed by atoms with Gasteiger partial charge in [-0.15, -0.1) is 11.3 Å². The number of nitrogens with one attached hydrogen (secondary N) is 1. The molecule has 1 unspecified atom stereocenters. The van der Waals surface area contributed by atoms with E-state index in [1.165, 1.54) is 15.6 Å². The smallest absolute Gasteiger partial charge is 0.341 e. The number of carbonyl (C=O) groups excluding carboxylic acids is 2. The largest absolute Gasteiger partial charge is 0.462 e. The molecule has 1 fully saturated rings. The first-order valence-corrected chi connectivity index (χ1v) is 10.1. The summed E-state index contributed by atoms with van der Waals surface area (Å²) >= 11 is 1.24. The summed E-state index contributed by atoms with van der Waals surface area (Å²) in [5.74, 6) is -1.17. The van der Waals surface area contributed by atoms with Crippen molar-refractivity contribution in [1.29, 1.82) is 0 Å². The van der Waals surface area contributed by atoms with E-state index in [0.717, 1.165) is 6.26 Å². The van der Waals surface area contributed by atoms with Crippen molar-refractivity contribution >= 4 is 38.2 Å². The zero-order valence-corrected chi connectivity index (χ0v) is 14.7. The number of esters is 1. The van der Waals surface area contributed by atoms with Crippen LogP contribution < -0.4 is 5.32 Å². The summed E-state index contributed by atoms with van der Waals surface area (Å²) in [6, 6.07) is 1.60. The minimum atomic E-state index is -3.30. The second-order valence-corrected chi connectivity index (χ2v) is 8.23. The lowest BCUT2D eigenvalue weighted by atomic mass is 9.99. The van der Waals surface area contributed by atoms with Crippen LogP contribution in [0.15, 0.2) is 11.4 Å². The molecular formula is C14H20N2O5S2. The minimum absolute atomic E-state index is 0.171. The molecule has 0 bridgehead atoms.